The predicted molar refractivity (Wildman–Crippen MR) is 127 cm³/mol. The number of nitrogens with zero attached hydrogens (tertiary/aromatic N) is 1. The number of rotatable bonds is 6. The van der Waals surface area contributed by atoms with Gasteiger partial charge in [-0.3, -0.25) is 0 Å². The molecule has 4 rings (SSSR count). The molecular weight excluding hydrogens is 504 g/mol. The summed E-state index contributed by atoms with van der Waals surface area (Å²) in [7, 11) is 0. The summed E-state index contributed by atoms with van der Waals surface area (Å²) in [5.41, 5.74) is -1.92. The molecule has 2 heterocycles. The first-order valence-corrected chi connectivity index (χ1v) is 13.1. The first kappa shape index (κ1) is 27.3. The van der Waals surface area contributed by atoms with Crippen LogP contribution in [0.3, 0.4) is 0 Å². The van der Waals surface area contributed by atoms with Crippen LogP contribution < -0.4 is 0 Å². The topological polar surface area (TPSA) is 21.7 Å². The Morgan fingerprint density at radius 2 is 1.58 bits per heavy atom. The van der Waals surface area contributed by atoms with Gasteiger partial charge < -0.3 is 14.4 Å². The van der Waals surface area contributed by atoms with Crippen molar-refractivity contribution in [2.24, 2.45) is 5.92 Å². The van der Waals surface area contributed by atoms with Gasteiger partial charge in [-0.05, 0) is 48.6 Å². The summed E-state index contributed by atoms with van der Waals surface area (Å²) < 4.78 is 92.3. The maximum absolute atomic E-state index is 13.4. The van der Waals surface area contributed by atoms with Crippen LogP contribution in [0.25, 0.3) is 0 Å². The van der Waals surface area contributed by atoms with Gasteiger partial charge in [-0.2, -0.15) is 38.1 Å². The van der Waals surface area contributed by atoms with Crippen LogP contribution in [-0.2, 0) is 21.8 Å². The maximum atomic E-state index is 13.4. The van der Waals surface area contributed by atoms with Gasteiger partial charge in [0.15, 0.2) is 6.29 Å². The summed E-state index contributed by atoms with van der Waals surface area (Å²) in [6.07, 6.45) is -10.9. The van der Waals surface area contributed by atoms with Gasteiger partial charge in [-0.25, -0.2) is 0 Å². The van der Waals surface area contributed by atoms with Crippen molar-refractivity contribution in [2.75, 3.05) is 37.7 Å². The third kappa shape index (κ3) is 6.76. The SMILES string of the molecule is C[C@@H](O[C@H]1OCC[C@@H](CN2CCSCC2)[C@@H]1c1ccccc1)c1cc(C(F)(F)F)cc(C(F)(F)F)c1. The summed E-state index contributed by atoms with van der Waals surface area (Å²) in [6.45, 7) is 4.67. The second-order valence-electron chi connectivity index (χ2n) is 9.25. The fourth-order valence-corrected chi connectivity index (χ4v) is 5.86. The lowest BCUT2D eigenvalue weighted by Gasteiger charge is -2.42. The molecule has 2 fully saturated rings. The molecule has 36 heavy (non-hydrogen) atoms. The Morgan fingerprint density at radius 3 is 2.17 bits per heavy atom. The van der Waals surface area contributed by atoms with Crippen LogP contribution in [0.4, 0.5) is 26.3 Å². The molecule has 0 amide bonds. The summed E-state index contributed by atoms with van der Waals surface area (Å²) in [5, 5.41) is 0. The highest BCUT2D eigenvalue weighted by Gasteiger charge is 2.40. The maximum Gasteiger partial charge on any atom is 0.416 e. The van der Waals surface area contributed by atoms with Crippen LogP contribution in [0.2, 0.25) is 0 Å². The van der Waals surface area contributed by atoms with E-state index in [1.54, 1.807) is 0 Å². The van der Waals surface area contributed by atoms with Crippen LogP contribution in [0.1, 0.15) is 47.6 Å². The van der Waals surface area contributed by atoms with Crippen molar-refractivity contribution in [1.29, 1.82) is 0 Å². The van der Waals surface area contributed by atoms with E-state index in [1.165, 1.54) is 6.92 Å². The van der Waals surface area contributed by atoms with Crippen LogP contribution in [0.5, 0.6) is 0 Å². The molecule has 2 saturated heterocycles. The normalized spacial score (nSPS) is 25.0. The molecule has 0 spiro atoms. The van der Waals surface area contributed by atoms with Gasteiger partial charge in [0.2, 0.25) is 0 Å². The van der Waals surface area contributed by atoms with Crippen molar-refractivity contribution in [2.45, 2.75) is 44.0 Å². The van der Waals surface area contributed by atoms with Crippen molar-refractivity contribution in [1.82, 2.24) is 4.90 Å². The lowest BCUT2D eigenvalue weighted by molar-refractivity contribution is -0.210. The Hall–Kier alpha value is -1.75. The smallest absolute Gasteiger partial charge is 0.352 e. The first-order chi connectivity index (χ1) is 17.0. The number of thioether (sulfide) groups is 1. The quantitative estimate of drug-likeness (QED) is 0.373. The molecule has 2 aliphatic heterocycles. The first-order valence-electron chi connectivity index (χ1n) is 11.9. The third-order valence-corrected chi connectivity index (χ3v) is 7.71. The van der Waals surface area contributed by atoms with Crippen molar-refractivity contribution in [3.05, 3.63) is 70.8 Å². The molecule has 3 nitrogen and oxygen atoms in total. The molecule has 0 aliphatic carbocycles. The van der Waals surface area contributed by atoms with E-state index in [0.717, 1.165) is 55.3 Å². The van der Waals surface area contributed by atoms with Gasteiger partial charge in [0.05, 0.1) is 23.8 Å². The largest absolute Gasteiger partial charge is 0.416 e. The molecule has 4 atom stereocenters. The zero-order valence-corrected chi connectivity index (χ0v) is 20.6. The Bertz CT molecular complexity index is 962. The van der Waals surface area contributed by atoms with E-state index in [2.05, 4.69) is 4.90 Å². The van der Waals surface area contributed by atoms with Crippen LogP contribution in [-0.4, -0.2) is 48.9 Å². The summed E-state index contributed by atoms with van der Waals surface area (Å²) >= 11 is 1.92. The lowest BCUT2D eigenvalue weighted by Crippen LogP contribution is -2.44. The zero-order chi connectivity index (χ0) is 25.9. The van der Waals surface area contributed by atoms with Gasteiger partial charge >= 0.3 is 12.4 Å². The Labute approximate surface area is 211 Å². The van der Waals surface area contributed by atoms with Gasteiger partial charge in [-0.1, -0.05) is 30.3 Å². The highest BCUT2D eigenvalue weighted by atomic mass is 32.2. The van der Waals surface area contributed by atoms with Crippen molar-refractivity contribution < 1.29 is 35.8 Å². The number of hydrogen-bond acceptors (Lipinski definition) is 4. The standard InChI is InChI=1S/C26H29F6NO2S/c1-17(20-13-21(25(27,28)29)15-22(14-20)26(30,31)32)35-24-23(18-5-3-2-4-6-18)19(7-10-34-24)16-33-8-11-36-12-9-33/h2-6,13-15,17,19,23-24H,7-12,16H2,1H3/t17-,19+,23+,24-/m1/s1. The number of benzene rings is 2. The monoisotopic (exact) mass is 533 g/mol. The molecule has 0 N–H and O–H groups in total. The number of ether oxygens (including phenoxy) is 2. The molecule has 10 heteroatoms. The molecule has 0 radical (unpaired) electrons. The summed E-state index contributed by atoms with van der Waals surface area (Å²) in [6, 6.07) is 11.2. The minimum atomic E-state index is -4.92. The Kier molecular flexibility index (Phi) is 8.59. The van der Waals surface area contributed by atoms with Crippen molar-refractivity contribution in [3.8, 4) is 0 Å². The van der Waals surface area contributed by atoms with Gasteiger partial charge in [0.25, 0.3) is 0 Å². The van der Waals surface area contributed by atoms with Gasteiger partial charge in [0, 0.05) is 37.1 Å². The van der Waals surface area contributed by atoms with E-state index < -0.39 is 35.9 Å². The number of hydrogen-bond donors (Lipinski definition) is 0. The van der Waals surface area contributed by atoms with Crippen LogP contribution in [0, 0.1) is 5.92 Å². The second kappa shape index (κ2) is 11.3. The minimum Gasteiger partial charge on any atom is -0.352 e. The van der Waals surface area contributed by atoms with Crippen LogP contribution in [0.15, 0.2) is 48.5 Å². The number of halogens is 6. The van der Waals surface area contributed by atoms with Crippen molar-refractivity contribution >= 4 is 11.8 Å². The summed E-state index contributed by atoms with van der Waals surface area (Å²) in [4.78, 5) is 2.41. The van der Waals surface area contributed by atoms with E-state index in [9.17, 15) is 26.3 Å². The van der Waals surface area contributed by atoms with E-state index in [0.29, 0.717) is 6.61 Å². The Morgan fingerprint density at radius 1 is 0.972 bits per heavy atom. The third-order valence-electron chi connectivity index (χ3n) is 6.77. The van der Waals surface area contributed by atoms with E-state index in [4.69, 9.17) is 9.47 Å². The molecule has 0 aromatic heterocycles. The lowest BCUT2D eigenvalue weighted by atomic mass is 9.81. The van der Waals surface area contributed by atoms with Crippen LogP contribution >= 0.6 is 11.8 Å². The predicted octanol–water partition coefficient (Wildman–Crippen LogP) is 7.00. The van der Waals surface area contributed by atoms with Gasteiger partial charge in [-0.15, -0.1) is 0 Å². The molecule has 2 aliphatic rings. The molecule has 0 unspecified atom stereocenters. The van der Waals surface area contributed by atoms with Gasteiger partial charge in [0.1, 0.15) is 0 Å². The average molecular weight is 534 g/mol. The summed E-state index contributed by atoms with van der Waals surface area (Å²) in [5.74, 6) is 2.10. The van der Waals surface area contributed by atoms with Crippen molar-refractivity contribution in [3.63, 3.8) is 0 Å². The average Bonchev–Trinajstić information content (AvgIpc) is 2.84. The molecule has 2 aromatic carbocycles. The molecule has 0 bridgehead atoms. The highest BCUT2D eigenvalue weighted by Crippen LogP contribution is 2.41. The second-order valence-corrected chi connectivity index (χ2v) is 10.5. The molecule has 198 valence electrons. The Balaban J connectivity index is 1.61. The zero-order valence-electron chi connectivity index (χ0n) is 19.8. The number of alkyl halides is 6. The van der Waals surface area contributed by atoms with E-state index >= 15 is 0 Å². The fourth-order valence-electron chi connectivity index (χ4n) is 4.88. The molecule has 2 aromatic rings. The highest BCUT2D eigenvalue weighted by molar-refractivity contribution is 7.99. The molecular formula is C26H29F6NO2S. The van der Waals surface area contributed by atoms with E-state index in [1.807, 2.05) is 42.1 Å². The fraction of sp³-hybridized carbons (Fsp3) is 0.538. The minimum absolute atomic E-state index is 0.132. The molecule has 0 saturated carbocycles. The van der Waals surface area contributed by atoms with E-state index in [-0.39, 0.29) is 23.5 Å².